The van der Waals surface area contributed by atoms with Crippen LogP contribution in [0, 0.1) is 17.0 Å². The van der Waals surface area contributed by atoms with Crippen LogP contribution in [0.2, 0.25) is 0 Å². The summed E-state index contributed by atoms with van der Waals surface area (Å²) < 4.78 is 23.1. The van der Waals surface area contributed by atoms with E-state index >= 15 is 0 Å². The topological polar surface area (TPSA) is 118 Å². The van der Waals surface area contributed by atoms with Gasteiger partial charge in [-0.05, 0) is 30.7 Å². The Balaban J connectivity index is 2.00. The zero-order chi connectivity index (χ0) is 19.3. The summed E-state index contributed by atoms with van der Waals surface area (Å²) >= 11 is 0. The molecule has 2 rings (SSSR count). The Kier molecular flexibility index (Phi) is 5.93. The molecule has 0 unspecified atom stereocenters. The van der Waals surface area contributed by atoms with Crippen LogP contribution in [0.25, 0.3) is 0 Å². The lowest BCUT2D eigenvalue weighted by Crippen LogP contribution is -2.29. The summed E-state index contributed by atoms with van der Waals surface area (Å²) in [6.45, 7) is 2.33. The fourth-order valence-electron chi connectivity index (χ4n) is 2.34. The van der Waals surface area contributed by atoms with Crippen molar-refractivity contribution in [2.24, 2.45) is 0 Å². The summed E-state index contributed by atoms with van der Waals surface area (Å²) in [6, 6.07) is 10.8. The summed E-state index contributed by atoms with van der Waals surface area (Å²) in [6.07, 6.45) is 0.986. The number of benzene rings is 2. The molecule has 0 saturated heterocycles. The molecule has 138 valence electrons. The number of carbonyl (C=O) groups is 1. The highest BCUT2D eigenvalue weighted by Crippen LogP contribution is 2.27. The first-order chi connectivity index (χ1) is 12.2. The molecular weight excluding hydrogens is 358 g/mol. The van der Waals surface area contributed by atoms with E-state index in [4.69, 9.17) is 0 Å². The lowest BCUT2D eigenvalue weighted by molar-refractivity contribution is -0.384. The molecule has 1 amide bonds. The third-order valence-electron chi connectivity index (χ3n) is 3.71. The number of carbonyl (C=O) groups excluding carboxylic acids is 1. The quantitative estimate of drug-likeness (QED) is 0.434. The van der Waals surface area contributed by atoms with E-state index in [1.54, 1.807) is 12.1 Å². The van der Waals surface area contributed by atoms with Crippen molar-refractivity contribution in [1.29, 1.82) is 0 Å². The molecule has 0 aliphatic carbocycles. The Morgan fingerprint density at radius 1 is 1.15 bits per heavy atom. The van der Waals surface area contributed by atoms with Crippen molar-refractivity contribution < 1.29 is 18.1 Å². The van der Waals surface area contributed by atoms with Crippen LogP contribution in [0.5, 0.6) is 0 Å². The predicted molar refractivity (Wildman–Crippen MR) is 98.2 cm³/mol. The second-order valence-electron chi connectivity index (χ2n) is 5.71. The van der Waals surface area contributed by atoms with Gasteiger partial charge >= 0.3 is 0 Å². The van der Waals surface area contributed by atoms with Crippen LogP contribution in [0.15, 0.2) is 47.4 Å². The van der Waals surface area contributed by atoms with Gasteiger partial charge in [0.15, 0.2) is 9.84 Å². The van der Waals surface area contributed by atoms with E-state index in [1.807, 2.05) is 19.1 Å². The number of nitrogens with zero attached hydrogens (tertiary/aromatic N) is 1. The molecule has 26 heavy (non-hydrogen) atoms. The minimum absolute atomic E-state index is 0.123. The minimum atomic E-state index is -3.54. The molecule has 0 aliphatic heterocycles. The summed E-state index contributed by atoms with van der Waals surface area (Å²) in [5, 5.41) is 16.7. The van der Waals surface area contributed by atoms with Gasteiger partial charge in [-0.15, -0.1) is 0 Å². The fourth-order valence-corrected chi connectivity index (χ4v) is 2.98. The minimum Gasteiger partial charge on any atom is -0.378 e. The van der Waals surface area contributed by atoms with E-state index in [0.717, 1.165) is 17.9 Å². The molecule has 2 aromatic rings. The summed E-state index contributed by atoms with van der Waals surface area (Å²) in [4.78, 5) is 22.5. The molecule has 0 heterocycles. The third-order valence-corrected chi connectivity index (χ3v) is 4.82. The SMILES string of the molecule is Cc1ccccc1C(=O)NCCNc1ccc(S(C)(=O)=O)cc1[N+](=O)[O-]. The number of anilines is 1. The first kappa shape index (κ1) is 19.4. The van der Waals surface area contributed by atoms with E-state index in [0.29, 0.717) is 5.56 Å². The summed E-state index contributed by atoms with van der Waals surface area (Å²) in [7, 11) is -3.54. The van der Waals surface area contributed by atoms with Crippen LogP contribution in [-0.2, 0) is 9.84 Å². The monoisotopic (exact) mass is 377 g/mol. The van der Waals surface area contributed by atoms with Gasteiger partial charge in [0.1, 0.15) is 5.69 Å². The number of nitrogens with one attached hydrogen (secondary N) is 2. The third kappa shape index (κ3) is 4.79. The van der Waals surface area contributed by atoms with Gasteiger partial charge in [0.2, 0.25) is 0 Å². The number of amides is 1. The maximum atomic E-state index is 12.1. The molecule has 0 bridgehead atoms. The first-order valence-electron chi connectivity index (χ1n) is 7.76. The highest BCUT2D eigenvalue weighted by Gasteiger charge is 2.18. The van der Waals surface area contributed by atoms with Crippen LogP contribution in [0.3, 0.4) is 0 Å². The van der Waals surface area contributed by atoms with Crippen LogP contribution in [-0.4, -0.2) is 38.6 Å². The van der Waals surface area contributed by atoms with Crippen molar-refractivity contribution in [3.63, 3.8) is 0 Å². The maximum Gasteiger partial charge on any atom is 0.293 e. The average molecular weight is 377 g/mol. The number of aryl methyl sites for hydroxylation is 1. The number of nitro groups is 1. The van der Waals surface area contributed by atoms with Crippen LogP contribution in [0.1, 0.15) is 15.9 Å². The summed E-state index contributed by atoms with van der Waals surface area (Å²) in [5.74, 6) is -0.230. The largest absolute Gasteiger partial charge is 0.378 e. The highest BCUT2D eigenvalue weighted by atomic mass is 32.2. The van der Waals surface area contributed by atoms with Gasteiger partial charge in [-0.25, -0.2) is 8.42 Å². The second kappa shape index (κ2) is 7.96. The zero-order valence-corrected chi connectivity index (χ0v) is 15.2. The summed E-state index contributed by atoms with van der Waals surface area (Å²) in [5.41, 5.74) is 1.27. The lowest BCUT2D eigenvalue weighted by atomic mass is 10.1. The van der Waals surface area contributed by atoms with Gasteiger partial charge in [-0.1, -0.05) is 18.2 Å². The van der Waals surface area contributed by atoms with Gasteiger partial charge < -0.3 is 10.6 Å². The highest BCUT2D eigenvalue weighted by molar-refractivity contribution is 7.90. The normalized spacial score (nSPS) is 11.0. The first-order valence-corrected chi connectivity index (χ1v) is 9.65. The van der Waals surface area contributed by atoms with Crippen molar-refractivity contribution in [2.75, 3.05) is 24.7 Å². The van der Waals surface area contributed by atoms with Crippen LogP contribution >= 0.6 is 0 Å². The Labute approximate surface area is 151 Å². The Bertz CT molecular complexity index is 941. The molecule has 0 fully saturated rings. The van der Waals surface area contributed by atoms with E-state index in [9.17, 15) is 23.3 Å². The van der Waals surface area contributed by atoms with Gasteiger partial charge in [-0.2, -0.15) is 0 Å². The molecule has 2 aromatic carbocycles. The molecule has 8 nitrogen and oxygen atoms in total. The smallest absolute Gasteiger partial charge is 0.293 e. The van der Waals surface area contributed by atoms with Gasteiger partial charge in [-0.3, -0.25) is 14.9 Å². The van der Waals surface area contributed by atoms with E-state index in [1.165, 1.54) is 12.1 Å². The predicted octanol–water partition coefficient (Wildman–Crippen LogP) is 2.15. The number of sulfone groups is 1. The molecule has 2 N–H and O–H groups in total. The molecule has 0 aromatic heterocycles. The standard InChI is InChI=1S/C17H19N3O5S/c1-12-5-3-4-6-14(12)17(21)19-10-9-18-15-8-7-13(26(2,24)25)11-16(15)20(22)23/h3-8,11,18H,9-10H2,1-2H3,(H,19,21). The van der Waals surface area contributed by atoms with Crippen LogP contribution < -0.4 is 10.6 Å². The van der Waals surface area contributed by atoms with E-state index in [2.05, 4.69) is 10.6 Å². The molecule has 0 spiro atoms. The van der Waals surface area contributed by atoms with E-state index in [-0.39, 0.29) is 35.3 Å². The molecule has 0 atom stereocenters. The molecular formula is C17H19N3O5S. The number of nitro benzene ring substituents is 1. The number of rotatable bonds is 7. The number of hydrogen-bond acceptors (Lipinski definition) is 6. The second-order valence-corrected chi connectivity index (χ2v) is 7.72. The number of hydrogen-bond donors (Lipinski definition) is 2. The van der Waals surface area contributed by atoms with Gasteiger partial charge in [0, 0.05) is 31.0 Å². The van der Waals surface area contributed by atoms with Crippen molar-refractivity contribution in [3.8, 4) is 0 Å². The fraction of sp³-hybridized carbons (Fsp3) is 0.235. The van der Waals surface area contributed by atoms with Gasteiger partial charge in [0.05, 0.1) is 9.82 Å². The Morgan fingerprint density at radius 3 is 2.46 bits per heavy atom. The zero-order valence-electron chi connectivity index (χ0n) is 14.4. The van der Waals surface area contributed by atoms with Crippen molar-refractivity contribution in [1.82, 2.24) is 5.32 Å². The molecule has 0 saturated carbocycles. The maximum absolute atomic E-state index is 12.1. The molecule has 0 radical (unpaired) electrons. The molecule has 0 aliphatic rings. The van der Waals surface area contributed by atoms with Crippen molar-refractivity contribution in [2.45, 2.75) is 11.8 Å². The Morgan fingerprint density at radius 2 is 1.85 bits per heavy atom. The van der Waals surface area contributed by atoms with E-state index < -0.39 is 14.8 Å². The lowest BCUT2D eigenvalue weighted by Gasteiger charge is -2.10. The van der Waals surface area contributed by atoms with Crippen LogP contribution in [0.4, 0.5) is 11.4 Å². The Hall–Kier alpha value is -2.94. The van der Waals surface area contributed by atoms with Gasteiger partial charge in [0.25, 0.3) is 11.6 Å². The van der Waals surface area contributed by atoms with Crippen molar-refractivity contribution in [3.05, 3.63) is 63.7 Å². The molecule has 9 heteroatoms. The average Bonchev–Trinajstić information content (AvgIpc) is 2.58. The van der Waals surface area contributed by atoms with Crippen molar-refractivity contribution >= 4 is 27.1 Å².